The molecule has 3 aromatic rings. The van der Waals surface area contributed by atoms with E-state index in [2.05, 4.69) is 15.3 Å². The Bertz CT molecular complexity index is 1280. The smallest absolute Gasteiger partial charge is 0.303 e. The van der Waals surface area contributed by atoms with Gasteiger partial charge in [0, 0.05) is 54.1 Å². The molecule has 0 bridgehead atoms. The molecule has 9 nitrogen and oxygen atoms in total. The summed E-state index contributed by atoms with van der Waals surface area (Å²) in [7, 11) is -3.60. The summed E-state index contributed by atoms with van der Waals surface area (Å²) in [6.45, 7) is 7.00. The van der Waals surface area contributed by atoms with Crippen molar-refractivity contribution in [2.24, 2.45) is 0 Å². The number of pyridine rings is 1. The van der Waals surface area contributed by atoms with E-state index in [9.17, 15) is 18.0 Å². The lowest BCUT2D eigenvalue weighted by Crippen LogP contribution is -2.39. The third-order valence-corrected chi connectivity index (χ3v) is 7.36. The third kappa shape index (κ3) is 6.59. The fourth-order valence-corrected chi connectivity index (χ4v) is 5.37. The largest absolute Gasteiger partial charge is 0.481 e. The Labute approximate surface area is 205 Å². The quantitative estimate of drug-likeness (QED) is 0.347. The average molecular weight is 513 g/mol. The zero-order valence-electron chi connectivity index (χ0n) is 19.6. The number of sulfonamides is 1. The van der Waals surface area contributed by atoms with Crippen molar-refractivity contribution in [2.45, 2.75) is 63.4 Å². The van der Waals surface area contributed by atoms with Gasteiger partial charge in [-0.15, -0.1) is 12.4 Å². The van der Waals surface area contributed by atoms with Crippen LogP contribution in [-0.2, 0) is 14.8 Å². The van der Waals surface area contributed by atoms with Crippen LogP contribution in [0.15, 0.2) is 40.2 Å². The fourth-order valence-electron chi connectivity index (χ4n) is 3.66. The predicted octanol–water partition coefficient (Wildman–Crippen LogP) is 3.45. The molecule has 1 saturated carbocycles. The zero-order chi connectivity index (χ0) is 24.2. The van der Waals surface area contributed by atoms with Crippen molar-refractivity contribution in [1.29, 1.82) is 0 Å². The van der Waals surface area contributed by atoms with Crippen LogP contribution in [-0.4, -0.2) is 58.9 Å². The van der Waals surface area contributed by atoms with Gasteiger partial charge in [-0.1, -0.05) is 20.8 Å². The standard InChI is InChI=1S/C19H24N4O3S.C4H8O2.ClH/c1-12(2)20-9-10-23(13-3-4-13)27(25,26)14-5-6-17-16(11-14)15-7-8-21-18(15)19(24)22-17;1-2-3-4(5)6;/h5-8,11-13,20-21H,3-4,9-10H2,1-2H3,(H,22,24);2-3H2,1H3,(H,5,6);1H. The van der Waals surface area contributed by atoms with Crippen LogP contribution in [0, 0.1) is 0 Å². The summed E-state index contributed by atoms with van der Waals surface area (Å²) in [6.07, 6.45) is 4.53. The van der Waals surface area contributed by atoms with E-state index in [1.807, 2.05) is 20.8 Å². The van der Waals surface area contributed by atoms with Crippen molar-refractivity contribution in [3.8, 4) is 0 Å². The molecule has 0 unspecified atom stereocenters. The summed E-state index contributed by atoms with van der Waals surface area (Å²) < 4.78 is 28.2. The maximum atomic E-state index is 13.3. The van der Waals surface area contributed by atoms with E-state index in [4.69, 9.17) is 5.11 Å². The van der Waals surface area contributed by atoms with E-state index in [1.54, 1.807) is 34.8 Å². The number of carboxylic acid groups (broad SMARTS) is 1. The number of aliphatic carboxylic acids is 1. The van der Waals surface area contributed by atoms with Crippen LogP contribution in [0.5, 0.6) is 0 Å². The lowest BCUT2D eigenvalue weighted by molar-refractivity contribution is -0.137. The van der Waals surface area contributed by atoms with Crippen molar-refractivity contribution >= 4 is 50.2 Å². The molecule has 1 aromatic carbocycles. The van der Waals surface area contributed by atoms with Gasteiger partial charge >= 0.3 is 5.97 Å². The second-order valence-corrected chi connectivity index (χ2v) is 10.4. The highest BCUT2D eigenvalue weighted by molar-refractivity contribution is 7.89. The summed E-state index contributed by atoms with van der Waals surface area (Å²) in [6, 6.07) is 7.12. The second kappa shape index (κ2) is 11.8. The number of hydrogen-bond acceptors (Lipinski definition) is 5. The monoisotopic (exact) mass is 512 g/mol. The molecule has 2 heterocycles. The van der Waals surface area contributed by atoms with Gasteiger partial charge in [-0.05, 0) is 43.5 Å². The van der Waals surface area contributed by atoms with E-state index in [-0.39, 0.29) is 28.9 Å². The number of nitrogens with one attached hydrogen (secondary N) is 3. The minimum Gasteiger partial charge on any atom is -0.481 e. The fraction of sp³-hybridized carbons (Fsp3) is 0.478. The van der Waals surface area contributed by atoms with Crippen LogP contribution in [0.4, 0.5) is 0 Å². The van der Waals surface area contributed by atoms with Crippen molar-refractivity contribution in [2.75, 3.05) is 13.1 Å². The Morgan fingerprint density at radius 1 is 1.24 bits per heavy atom. The number of carboxylic acids is 1. The summed E-state index contributed by atoms with van der Waals surface area (Å²) in [5.74, 6) is -0.711. The molecular formula is C23H33ClN4O5S. The number of fused-ring (bicyclic) bond motifs is 3. The molecule has 0 radical (unpaired) electrons. The Hall–Kier alpha value is -2.40. The highest BCUT2D eigenvalue weighted by atomic mass is 35.5. The molecule has 0 saturated heterocycles. The van der Waals surface area contributed by atoms with Crippen LogP contribution in [0.2, 0.25) is 0 Å². The van der Waals surface area contributed by atoms with Gasteiger partial charge in [-0.3, -0.25) is 9.59 Å². The number of aromatic amines is 2. The summed E-state index contributed by atoms with van der Waals surface area (Å²) in [5, 5.41) is 12.7. The van der Waals surface area contributed by atoms with Gasteiger partial charge in [-0.25, -0.2) is 8.42 Å². The van der Waals surface area contributed by atoms with Crippen molar-refractivity contribution in [3.63, 3.8) is 0 Å². The van der Waals surface area contributed by atoms with Gasteiger partial charge in [0.25, 0.3) is 5.56 Å². The molecule has 0 aliphatic heterocycles. The molecule has 4 rings (SSSR count). The molecule has 1 aliphatic carbocycles. The molecular weight excluding hydrogens is 480 g/mol. The Balaban J connectivity index is 0.000000521. The van der Waals surface area contributed by atoms with Crippen LogP contribution in [0.1, 0.15) is 46.5 Å². The maximum absolute atomic E-state index is 13.3. The topological polar surface area (TPSA) is 135 Å². The highest BCUT2D eigenvalue weighted by Gasteiger charge is 2.37. The third-order valence-electron chi connectivity index (χ3n) is 5.41. The normalized spacial score (nSPS) is 13.7. The number of benzene rings is 1. The van der Waals surface area contributed by atoms with Gasteiger partial charge in [0.1, 0.15) is 5.52 Å². The first-order chi connectivity index (χ1) is 15.6. The highest BCUT2D eigenvalue weighted by Crippen LogP contribution is 2.33. The summed E-state index contributed by atoms with van der Waals surface area (Å²) in [5.41, 5.74) is 0.875. The van der Waals surface area contributed by atoms with Crippen molar-refractivity contribution in [1.82, 2.24) is 19.6 Å². The lowest BCUT2D eigenvalue weighted by Gasteiger charge is -2.23. The van der Waals surface area contributed by atoms with E-state index < -0.39 is 16.0 Å². The molecule has 0 spiro atoms. The predicted molar refractivity (Wildman–Crippen MR) is 136 cm³/mol. The Morgan fingerprint density at radius 3 is 2.50 bits per heavy atom. The van der Waals surface area contributed by atoms with Crippen LogP contribution in [0.3, 0.4) is 0 Å². The first kappa shape index (κ1) is 27.8. The number of rotatable bonds is 9. The first-order valence-corrected chi connectivity index (χ1v) is 12.7. The van der Waals surface area contributed by atoms with Crippen molar-refractivity contribution < 1.29 is 18.3 Å². The van der Waals surface area contributed by atoms with Gasteiger partial charge in [0.2, 0.25) is 10.0 Å². The maximum Gasteiger partial charge on any atom is 0.303 e. The van der Waals surface area contributed by atoms with Gasteiger partial charge in [0.05, 0.1) is 4.90 Å². The molecule has 0 atom stereocenters. The molecule has 2 aromatic heterocycles. The molecule has 1 fully saturated rings. The first-order valence-electron chi connectivity index (χ1n) is 11.2. The van der Waals surface area contributed by atoms with Gasteiger partial charge < -0.3 is 20.4 Å². The number of carbonyl (C=O) groups is 1. The molecule has 11 heteroatoms. The lowest BCUT2D eigenvalue weighted by atomic mass is 10.1. The number of halogens is 1. The Morgan fingerprint density at radius 2 is 1.94 bits per heavy atom. The van der Waals surface area contributed by atoms with Crippen LogP contribution in [0.25, 0.3) is 21.8 Å². The van der Waals surface area contributed by atoms with E-state index >= 15 is 0 Å². The molecule has 34 heavy (non-hydrogen) atoms. The van der Waals surface area contributed by atoms with Crippen LogP contribution < -0.4 is 10.9 Å². The van der Waals surface area contributed by atoms with E-state index in [0.29, 0.717) is 36.6 Å². The van der Waals surface area contributed by atoms with Crippen LogP contribution >= 0.6 is 12.4 Å². The number of nitrogens with zero attached hydrogens (tertiary/aromatic N) is 1. The van der Waals surface area contributed by atoms with Gasteiger partial charge in [0.15, 0.2) is 0 Å². The number of H-pyrrole nitrogens is 2. The minimum absolute atomic E-state index is 0. The molecule has 0 amide bonds. The Kier molecular flexibility index (Phi) is 9.69. The van der Waals surface area contributed by atoms with E-state index in [0.717, 1.165) is 30.0 Å². The second-order valence-electron chi connectivity index (χ2n) is 8.53. The summed E-state index contributed by atoms with van der Waals surface area (Å²) >= 11 is 0. The zero-order valence-corrected chi connectivity index (χ0v) is 21.3. The van der Waals surface area contributed by atoms with Gasteiger partial charge in [-0.2, -0.15) is 4.31 Å². The molecule has 188 valence electrons. The van der Waals surface area contributed by atoms with E-state index in [1.165, 1.54) is 0 Å². The summed E-state index contributed by atoms with van der Waals surface area (Å²) in [4.78, 5) is 27.7. The molecule has 1 aliphatic rings. The minimum atomic E-state index is -3.60. The number of aromatic nitrogens is 2. The average Bonchev–Trinajstić information content (AvgIpc) is 3.45. The SMILES string of the molecule is CC(C)NCCN(C1CC1)S(=O)(=O)c1ccc2[nH]c(=O)c3[nH]ccc3c2c1.CCCC(=O)O.Cl. The molecule has 4 N–H and O–H groups in total. The van der Waals surface area contributed by atoms with Crippen molar-refractivity contribution in [3.05, 3.63) is 40.8 Å². The number of hydrogen-bond donors (Lipinski definition) is 4.